The van der Waals surface area contributed by atoms with E-state index in [9.17, 15) is 4.39 Å². The molecule has 3 aromatic rings. The fraction of sp³-hybridized carbons (Fsp3) is 0.333. The monoisotopic (exact) mass is 449 g/mol. The Morgan fingerprint density at radius 2 is 2.03 bits per heavy atom. The van der Waals surface area contributed by atoms with Crippen LogP contribution in [0.3, 0.4) is 0 Å². The SMILES string of the molecule is C[C@H](Oc1cc(-n2cc(C3CCNCC3)cn2)cnc1N)c1c(Cl)ccc(F)c1Cl. The highest BCUT2D eigenvalue weighted by molar-refractivity contribution is 6.36. The average molecular weight is 450 g/mol. The van der Waals surface area contributed by atoms with Crippen molar-refractivity contribution in [3.05, 3.63) is 63.8 Å². The van der Waals surface area contributed by atoms with Gasteiger partial charge < -0.3 is 15.8 Å². The molecular weight excluding hydrogens is 428 g/mol. The molecule has 2 aromatic heterocycles. The first kappa shape index (κ1) is 20.9. The molecule has 0 bridgehead atoms. The number of nitrogen functional groups attached to an aromatic ring is 1. The first-order valence-corrected chi connectivity index (χ1v) is 10.5. The minimum Gasteiger partial charge on any atom is -0.482 e. The molecule has 0 amide bonds. The van der Waals surface area contributed by atoms with Crippen LogP contribution in [0.25, 0.3) is 5.69 Å². The van der Waals surface area contributed by atoms with E-state index in [4.69, 9.17) is 33.7 Å². The molecule has 30 heavy (non-hydrogen) atoms. The summed E-state index contributed by atoms with van der Waals surface area (Å²) in [4.78, 5) is 4.23. The van der Waals surface area contributed by atoms with Gasteiger partial charge in [0.2, 0.25) is 0 Å². The molecule has 1 atom stereocenters. The first-order valence-electron chi connectivity index (χ1n) is 9.75. The quantitative estimate of drug-likeness (QED) is 0.541. The van der Waals surface area contributed by atoms with E-state index < -0.39 is 11.9 Å². The fourth-order valence-electron chi connectivity index (χ4n) is 3.67. The minimum absolute atomic E-state index is 0.0728. The maximum absolute atomic E-state index is 13.9. The highest BCUT2D eigenvalue weighted by Crippen LogP contribution is 2.36. The van der Waals surface area contributed by atoms with Crippen molar-refractivity contribution >= 4 is 29.0 Å². The zero-order chi connectivity index (χ0) is 21.3. The average Bonchev–Trinajstić information content (AvgIpc) is 3.24. The van der Waals surface area contributed by atoms with E-state index in [0.717, 1.165) is 25.9 Å². The first-order chi connectivity index (χ1) is 14.4. The van der Waals surface area contributed by atoms with Gasteiger partial charge in [-0.2, -0.15) is 5.10 Å². The maximum atomic E-state index is 13.9. The van der Waals surface area contributed by atoms with E-state index in [0.29, 0.717) is 27.9 Å². The summed E-state index contributed by atoms with van der Waals surface area (Å²) in [6, 6.07) is 4.41. The zero-order valence-electron chi connectivity index (χ0n) is 16.4. The standard InChI is InChI=1S/C21H22Cl2FN5O/c1-12(19-16(22)2-3-17(24)20(19)23)30-18-8-15(10-27-21(18)25)29-11-14(9-28-29)13-4-6-26-7-5-13/h2-3,8-13,26H,4-7H2,1H3,(H2,25,27)/t12-/m0/s1. The van der Waals surface area contributed by atoms with Gasteiger partial charge in [0.1, 0.15) is 11.9 Å². The third-order valence-corrected chi connectivity index (χ3v) is 6.05. The maximum Gasteiger partial charge on any atom is 0.166 e. The molecule has 3 heterocycles. The van der Waals surface area contributed by atoms with Gasteiger partial charge in [-0.3, -0.25) is 0 Å². The van der Waals surface area contributed by atoms with Crippen LogP contribution in [0, 0.1) is 5.82 Å². The van der Waals surface area contributed by atoms with Crippen molar-refractivity contribution in [1.29, 1.82) is 0 Å². The van der Waals surface area contributed by atoms with Crippen LogP contribution in [-0.4, -0.2) is 27.9 Å². The number of hydrogen-bond donors (Lipinski definition) is 2. The van der Waals surface area contributed by atoms with Crippen LogP contribution in [-0.2, 0) is 0 Å². The number of halogens is 3. The molecule has 1 fully saturated rings. The molecule has 1 aliphatic rings. The molecule has 9 heteroatoms. The Morgan fingerprint density at radius 1 is 1.27 bits per heavy atom. The van der Waals surface area contributed by atoms with Crippen LogP contribution >= 0.6 is 23.2 Å². The van der Waals surface area contributed by atoms with Gasteiger partial charge >= 0.3 is 0 Å². The Bertz CT molecular complexity index is 1050. The summed E-state index contributed by atoms with van der Waals surface area (Å²) in [5.41, 5.74) is 8.27. The molecule has 0 aliphatic carbocycles. The Balaban J connectivity index is 1.58. The van der Waals surface area contributed by atoms with Crippen molar-refractivity contribution < 1.29 is 9.13 Å². The smallest absolute Gasteiger partial charge is 0.166 e. The van der Waals surface area contributed by atoms with Gasteiger partial charge in [-0.05, 0) is 56.5 Å². The Kier molecular flexibility index (Phi) is 6.13. The number of nitrogens with one attached hydrogen (secondary N) is 1. The Hall–Kier alpha value is -2.35. The summed E-state index contributed by atoms with van der Waals surface area (Å²) >= 11 is 12.3. The summed E-state index contributed by atoms with van der Waals surface area (Å²) in [5, 5.41) is 8.09. The van der Waals surface area contributed by atoms with Crippen LogP contribution in [0.5, 0.6) is 5.75 Å². The van der Waals surface area contributed by atoms with Crippen molar-refractivity contribution in [2.24, 2.45) is 0 Å². The molecule has 0 unspecified atom stereocenters. The lowest BCUT2D eigenvalue weighted by Gasteiger charge is -2.21. The van der Waals surface area contributed by atoms with E-state index in [1.54, 1.807) is 23.9 Å². The van der Waals surface area contributed by atoms with Crippen molar-refractivity contribution in [1.82, 2.24) is 20.1 Å². The van der Waals surface area contributed by atoms with Gasteiger partial charge in [0.05, 0.1) is 23.1 Å². The lowest BCUT2D eigenvalue weighted by molar-refractivity contribution is 0.227. The number of rotatable bonds is 5. The summed E-state index contributed by atoms with van der Waals surface area (Å²) in [5.74, 6) is 0.485. The normalized spacial score (nSPS) is 15.9. The number of ether oxygens (including phenoxy) is 1. The predicted octanol–water partition coefficient (Wildman–Crippen LogP) is 4.90. The van der Waals surface area contributed by atoms with Crippen LogP contribution in [0.15, 0.2) is 36.8 Å². The number of nitrogens with two attached hydrogens (primary N) is 1. The molecule has 0 spiro atoms. The van der Waals surface area contributed by atoms with E-state index in [1.807, 2.05) is 12.4 Å². The summed E-state index contributed by atoms with van der Waals surface area (Å²) in [6.45, 7) is 3.75. The summed E-state index contributed by atoms with van der Waals surface area (Å²) < 4.78 is 21.6. The van der Waals surface area contributed by atoms with Crippen molar-refractivity contribution in [3.63, 3.8) is 0 Å². The molecule has 1 aliphatic heterocycles. The number of anilines is 1. The molecule has 0 saturated carbocycles. The number of piperidine rings is 1. The van der Waals surface area contributed by atoms with Gasteiger partial charge in [-0.15, -0.1) is 0 Å². The largest absolute Gasteiger partial charge is 0.482 e. The van der Waals surface area contributed by atoms with E-state index in [-0.39, 0.29) is 10.8 Å². The highest BCUT2D eigenvalue weighted by atomic mass is 35.5. The van der Waals surface area contributed by atoms with E-state index >= 15 is 0 Å². The summed E-state index contributed by atoms with van der Waals surface area (Å²) in [7, 11) is 0. The Labute approximate surface area is 184 Å². The highest BCUT2D eigenvalue weighted by Gasteiger charge is 2.21. The van der Waals surface area contributed by atoms with Crippen LogP contribution in [0.2, 0.25) is 10.0 Å². The number of nitrogens with zero attached hydrogens (tertiary/aromatic N) is 3. The second-order valence-electron chi connectivity index (χ2n) is 7.34. The zero-order valence-corrected chi connectivity index (χ0v) is 17.9. The fourth-order valence-corrected chi connectivity index (χ4v) is 4.35. The number of hydrogen-bond acceptors (Lipinski definition) is 5. The van der Waals surface area contributed by atoms with E-state index in [2.05, 4.69) is 15.4 Å². The topological polar surface area (TPSA) is 78.0 Å². The van der Waals surface area contributed by atoms with Gasteiger partial charge in [0.15, 0.2) is 11.6 Å². The molecule has 4 rings (SSSR count). The van der Waals surface area contributed by atoms with Gasteiger partial charge in [0.25, 0.3) is 0 Å². The summed E-state index contributed by atoms with van der Waals surface area (Å²) in [6.07, 6.45) is 7.08. The lowest BCUT2D eigenvalue weighted by Crippen LogP contribution is -2.26. The minimum atomic E-state index is -0.636. The van der Waals surface area contributed by atoms with Crippen LogP contribution in [0.4, 0.5) is 10.2 Å². The molecular formula is C21H22Cl2FN5O. The van der Waals surface area contributed by atoms with Gasteiger partial charge in [-0.25, -0.2) is 14.1 Å². The van der Waals surface area contributed by atoms with Crippen molar-refractivity contribution in [2.75, 3.05) is 18.8 Å². The number of benzene rings is 1. The molecule has 3 N–H and O–H groups in total. The number of pyridine rings is 1. The molecule has 1 saturated heterocycles. The van der Waals surface area contributed by atoms with Gasteiger partial charge in [0, 0.05) is 22.8 Å². The second-order valence-corrected chi connectivity index (χ2v) is 8.12. The second kappa shape index (κ2) is 8.79. The van der Waals surface area contributed by atoms with Crippen molar-refractivity contribution in [2.45, 2.75) is 31.8 Å². The van der Waals surface area contributed by atoms with Crippen LogP contribution < -0.4 is 15.8 Å². The molecule has 0 radical (unpaired) electrons. The molecule has 6 nitrogen and oxygen atoms in total. The molecule has 158 valence electrons. The lowest BCUT2D eigenvalue weighted by atomic mass is 9.93. The van der Waals surface area contributed by atoms with Gasteiger partial charge in [-0.1, -0.05) is 23.2 Å². The molecule has 1 aromatic carbocycles. The van der Waals surface area contributed by atoms with Crippen molar-refractivity contribution in [3.8, 4) is 11.4 Å². The third kappa shape index (κ3) is 4.24. The Morgan fingerprint density at radius 3 is 2.80 bits per heavy atom. The van der Waals surface area contributed by atoms with E-state index in [1.165, 1.54) is 17.7 Å². The van der Waals surface area contributed by atoms with Crippen LogP contribution in [0.1, 0.15) is 42.9 Å². The predicted molar refractivity (Wildman–Crippen MR) is 116 cm³/mol. The number of aromatic nitrogens is 3. The third-order valence-electron chi connectivity index (χ3n) is 5.33.